The minimum atomic E-state index is 0.0467. The maximum absolute atomic E-state index is 11.3. The maximum atomic E-state index is 11.3. The Hall–Kier alpha value is -2.08. The molecule has 1 aromatic carbocycles. The number of hydrogen-bond acceptors (Lipinski definition) is 5. The summed E-state index contributed by atoms with van der Waals surface area (Å²) in [5, 5.41) is 6.15. The highest BCUT2D eigenvalue weighted by Crippen LogP contribution is 2.33. The van der Waals surface area contributed by atoms with E-state index in [2.05, 4.69) is 20.6 Å². The number of fused-ring (bicyclic) bond motifs is 1. The predicted octanol–water partition coefficient (Wildman–Crippen LogP) is 2.13. The van der Waals surface area contributed by atoms with Gasteiger partial charge in [0.1, 0.15) is 6.33 Å². The molecule has 0 bridgehead atoms. The zero-order chi connectivity index (χ0) is 13.1. The van der Waals surface area contributed by atoms with Crippen LogP contribution >= 0.6 is 11.8 Å². The zero-order valence-electron chi connectivity index (χ0n) is 10.1. The van der Waals surface area contributed by atoms with E-state index >= 15 is 0 Å². The number of anilines is 2. The van der Waals surface area contributed by atoms with E-state index in [4.69, 9.17) is 0 Å². The third kappa shape index (κ3) is 2.85. The number of amides is 1. The third-order valence-corrected chi connectivity index (χ3v) is 3.80. The van der Waals surface area contributed by atoms with Crippen molar-refractivity contribution in [3.05, 3.63) is 42.5 Å². The van der Waals surface area contributed by atoms with Gasteiger partial charge in [0.25, 0.3) is 0 Å². The molecule has 0 aliphatic carbocycles. The van der Waals surface area contributed by atoms with E-state index in [-0.39, 0.29) is 5.91 Å². The van der Waals surface area contributed by atoms with E-state index in [1.54, 1.807) is 18.0 Å². The average Bonchev–Trinajstić information content (AvgIpc) is 2.46. The largest absolute Gasteiger partial charge is 0.379 e. The smallest absolute Gasteiger partial charge is 0.234 e. The van der Waals surface area contributed by atoms with E-state index in [1.807, 2.05) is 24.3 Å². The lowest BCUT2D eigenvalue weighted by Gasteiger charge is -2.17. The molecule has 0 fully saturated rings. The highest BCUT2D eigenvalue weighted by Gasteiger charge is 2.15. The molecule has 1 amide bonds. The molecule has 6 heteroatoms. The van der Waals surface area contributed by atoms with Crippen LogP contribution in [-0.4, -0.2) is 21.6 Å². The van der Waals surface area contributed by atoms with Crippen molar-refractivity contribution >= 4 is 29.0 Å². The molecule has 19 heavy (non-hydrogen) atoms. The van der Waals surface area contributed by atoms with Gasteiger partial charge in [0.15, 0.2) is 0 Å². The molecule has 96 valence electrons. The van der Waals surface area contributed by atoms with Gasteiger partial charge >= 0.3 is 0 Å². The number of benzene rings is 1. The van der Waals surface area contributed by atoms with Gasteiger partial charge in [0.2, 0.25) is 5.91 Å². The molecule has 3 rings (SSSR count). The highest BCUT2D eigenvalue weighted by molar-refractivity contribution is 8.00. The molecule has 1 aromatic heterocycles. The highest BCUT2D eigenvalue weighted by atomic mass is 32.2. The summed E-state index contributed by atoms with van der Waals surface area (Å²) in [4.78, 5) is 20.5. The summed E-state index contributed by atoms with van der Waals surface area (Å²) in [6.45, 7) is 0.627. The molecule has 2 N–H and O–H groups in total. The first-order chi connectivity index (χ1) is 9.31. The van der Waals surface area contributed by atoms with Crippen molar-refractivity contribution in [1.82, 2.24) is 9.97 Å². The summed E-state index contributed by atoms with van der Waals surface area (Å²) in [7, 11) is 0. The molecule has 2 aromatic rings. The molecule has 2 heterocycles. The molecule has 0 saturated heterocycles. The maximum Gasteiger partial charge on any atom is 0.234 e. The normalized spacial score (nSPS) is 13.6. The molecule has 5 nitrogen and oxygen atoms in total. The van der Waals surface area contributed by atoms with Crippen molar-refractivity contribution in [2.24, 2.45) is 0 Å². The molecule has 0 unspecified atom stereocenters. The predicted molar refractivity (Wildman–Crippen MR) is 75.2 cm³/mol. The van der Waals surface area contributed by atoms with Crippen LogP contribution in [0.2, 0.25) is 0 Å². The van der Waals surface area contributed by atoms with Gasteiger partial charge < -0.3 is 10.6 Å². The van der Waals surface area contributed by atoms with Crippen LogP contribution in [0, 0.1) is 0 Å². The Bertz CT molecular complexity index is 603. The first kappa shape index (κ1) is 12.0. The van der Waals surface area contributed by atoms with Crippen LogP contribution in [-0.2, 0) is 11.3 Å². The van der Waals surface area contributed by atoms with Gasteiger partial charge in [-0.3, -0.25) is 4.79 Å². The molecule has 1 aliphatic heterocycles. The summed E-state index contributed by atoms with van der Waals surface area (Å²) >= 11 is 1.56. The number of rotatable bonds is 3. The third-order valence-electron chi connectivity index (χ3n) is 2.73. The molecule has 0 atom stereocenters. The molecule has 1 aliphatic rings. The van der Waals surface area contributed by atoms with E-state index < -0.39 is 0 Å². The van der Waals surface area contributed by atoms with Crippen LogP contribution in [0.15, 0.2) is 41.7 Å². The fraction of sp³-hybridized carbons (Fsp3) is 0.154. The number of hydrogen-bond donors (Lipinski definition) is 2. The van der Waals surface area contributed by atoms with Gasteiger partial charge in [-0.25, -0.2) is 9.97 Å². The lowest BCUT2D eigenvalue weighted by Crippen LogP contribution is -2.18. The molecule has 0 spiro atoms. The van der Waals surface area contributed by atoms with Gasteiger partial charge in [0.05, 0.1) is 23.7 Å². The van der Waals surface area contributed by atoms with Crippen molar-refractivity contribution in [2.45, 2.75) is 11.4 Å². The Morgan fingerprint density at radius 3 is 3.16 bits per heavy atom. The van der Waals surface area contributed by atoms with Crippen LogP contribution in [0.25, 0.3) is 0 Å². The lowest BCUT2D eigenvalue weighted by molar-refractivity contribution is -0.113. The summed E-state index contributed by atoms with van der Waals surface area (Å²) in [5.74, 6) is 0.534. The number of carbonyl (C=O) groups is 1. The van der Waals surface area contributed by atoms with Crippen LogP contribution in [0.5, 0.6) is 0 Å². The van der Waals surface area contributed by atoms with Crippen molar-refractivity contribution in [3.63, 3.8) is 0 Å². The summed E-state index contributed by atoms with van der Waals surface area (Å²) in [6, 6.07) is 7.83. The lowest BCUT2D eigenvalue weighted by atomic mass is 10.2. The first-order valence-electron chi connectivity index (χ1n) is 5.87. The van der Waals surface area contributed by atoms with Gasteiger partial charge in [-0.05, 0) is 24.3 Å². The van der Waals surface area contributed by atoms with Crippen molar-refractivity contribution in [1.29, 1.82) is 0 Å². The van der Waals surface area contributed by atoms with Crippen LogP contribution < -0.4 is 10.6 Å². The first-order valence-corrected chi connectivity index (χ1v) is 6.85. The van der Waals surface area contributed by atoms with Gasteiger partial charge in [-0.1, -0.05) is 0 Å². The second-order valence-electron chi connectivity index (χ2n) is 4.10. The van der Waals surface area contributed by atoms with E-state index in [9.17, 15) is 4.79 Å². The average molecular weight is 272 g/mol. The minimum Gasteiger partial charge on any atom is -0.379 e. The van der Waals surface area contributed by atoms with Gasteiger partial charge in [0, 0.05) is 16.8 Å². The monoisotopic (exact) mass is 272 g/mol. The van der Waals surface area contributed by atoms with E-state index in [0.29, 0.717) is 12.3 Å². The Morgan fingerprint density at radius 1 is 1.37 bits per heavy atom. The number of aromatic nitrogens is 2. The molecular weight excluding hydrogens is 260 g/mol. The van der Waals surface area contributed by atoms with Crippen LogP contribution in [0.4, 0.5) is 11.4 Å². The molecule has 0 radical (unpaired) electrons. The molecular formula is C13H12N4OS. The Kier molecular flexibility index (Phi) is 3.33. The summed E-state index contributed by atoms with van der Waals surface area (Å²) in [6.07, 6.45) is 3.24. The van der Waals surface area contributed by atoms with Gasteiger partial charge in [-0.2, -0.15) is 0 Å². The van der Waals surface area contributed by atoms with Crippen molar-refractivity contribution in [3.8, 4) is 0 Å². The quantitative estimate of drug-likeness (QED) is 0.896. The number of nitrogens with one attached hydrogen (secondary N) is 2. The Balaban J connectivity index is 1.72. The second-order valence-corrected chi connectivity index (χ2v) is 5.12. The number of thioether (sulfide) groups is 1. The Labute approximate surface area is 114 Å². The number of nitrogens with zero attached hydrogens (tertiary/aromatic N) is 2. The van der Waals surface area contributed by atoms with E-state index in [1.165, 1.54) is 6.33 Å². The SMILES string of the molecule is O=C1CSc2ccc(NCc3ccncn3)cc2N1. The van der Waals surface area contributed by atoms with Crippen molar-refractivity contribution < 1.29 is 4.79 Å². The summed E-state index contributed by atoms with van der Waals surface area (Å²) in [5.41, 5.74) is 2.75. The standard InChI is InChI=1S/C13H12N4OS/c18-13-7-19-12-2-1-9(5-11(12)17-13)15-6-10-3-4-14-8-16-10/h1-5,8,15H,6-7H2,(H,17,18). The fourth-order valence-electron chi connectivity index (χ4n) is 1.81. The van der Waals surface area contributed by atoms with E-state index in [0.717, 1.165) is 22.0 Å². The zero-order valence-corrected chi connectivity index (χ0v) is 10.9. The topological polar surface area (TPSA) is 66.9 Å². The Morgan fingerprint density at radius 2 is 2.32 bits per heavy atom. The number of carbonyl (C=O) groups excluding carboxylic acids is 1. The minimum absolute atomic E-state index is 0.0467. The fourth-order valence-corrected chi connectivity index (χ4v) is 2.60. The van der Waals surface area contributed by atoms with Crippen molar-refractivity contribution in [2.75, 3.05) is 16.4 Å². The second kappa shape index (κ2) is 5.27. The molecule has 0 saturated carbocycles. The summed E-state index contributed by atoms with van der Waals surface area (Å²) < 4.78 is 0. The van der Waals surface area contributed by atoms with Crippen LogP contribution in [0.1, 0.15) is 5.69 Å². The van der Waals surface area contributed by atoms with Gasteiger partial charge in [-0.15, -0.1) is 11.8 Å². The van der Waals surface area contributed by atoms with Crippen LogP contribution in [0.3, 0.4) is 0 Å².